The number of alkyl halides is 2. The Hall–Kier alpha value is -4.99. The highest BCUT2D eigenvalue weighted by Crippen LogP contribution is 2.42. The number of halogens is 3. The van der Waals surface area contributed by atoms with Crippen LogP contribution in [0.25, 0.3) is 32.2 Å². The van der Waals surface area contributed by atoms with E-state index in [4.69, 9.17) is 11.6 Å². The summed E-state index contributed by atoms with van der Waals surface area (Å²) in [6.07, 6.45) is 2.11. The normalized spacial score (nSPS) is 18.9. The second-order valence-corrected chi connectivity index (χ2v) is 14.1. The highest BCUT2D eigenvalue weighted by Gasteiger charge is 2.49. The van der Waals surface area contributed by atoms with Crippen molar-refractivity contribution in [3.63, 3.8) is 0 Å². The van der Waals surface area contributed by atoms with E-state index in [2.05, 4.69) is 32.9 Å². The van der Waals surface area contributed by atoms with E-state index in [0.717, 1.165) is 0 Å². The van der Waals surface area contributed by atoms with Crippen LogP contribution in [-0.4, -0.2) is 84.8 Å². The number of benzene rings is 1. The molecule has 0 radical (unpaired) electrons. The van der Waals surface area contributed by atoms with E-state index in [1.807, 2.05) is 4.90 Å². The summed E-state index contributed by atoms with van der Waals surface area (Å²) in [6, 6.07) is 8.36. The zero-order valence-corrected chi connectivity index (χ0v) is 29.0. The van der Waals surface area contributed by atoms with Gasteiger partial charge in [0, 0.05) is 72.3 Å². The van der Waals surface area contributed by atoms with Gasteiger partial charge in [-0.05, 0) is 37.6 Å². The lowest BCUT2D eigenvalue weighted by atomic mass is 9.85. The summed E-state index contributed by atoms with van der Waals surface area (Å²) in [6.45, 7) is 2.33. The number of likely N-dealkylation sites (tertiary alicyclic amines) is 1. The maximum Gasteiger partial charge on any atom is 0.338 e. The minimum atomic E-state index is -2.66. The van der Waals surface area contributed by atoms with Crippen LogP contribution in [0.2, 0.25) is 5.02 Å². The number of anilines is 1. The van der Waals surface area contributed by atoms with Crippen LogP contribution < -0.4 is 10.5 Å². The van der Waals surface area contributed by atoms with Gasteiger partial charge in [-0.1, -0.05) is 23.4 Å². The molecule has 1 saturated heterocycles. The smallest absolute Gasteiger partial charge is 0.338 e. The highest BCUT2D eigenvalue weighted by molar-refractivity contribution is 7.18. The van der Waals surface area contributed by atoms with Crippen LogP contribution in [0, 0.1) is 30.1 Å². The van der Waals surface area contributed by atoms with Crippen molar-refractivity contribution in [2.24, 2.45) is 0 Å². The molecule has 1 saturated carbocycles. The number of aliphatic hydroxyl groups excluding tert-OH is 1. The Morgan fingerprint density at radius 2 is 2.02 bits per heavy atom. The SMILES string of the molecule is Cc1nc2cnc(N(C)[C@@H]3CCN(C4CC(F)(F)C4)C[C@H]3O)c(C#N)c2c(=O)n1CC#Cc1ccc(Cl)cc1-c1ccnc2c(C(=O)O)csc12. The number of likely N-dealkylation sites (N-methyl/N-ethyl adjacent to an activating group) is 1. The van der Waals surface area contributed by atoms with Crippen molar-refractivity contribution in [2.45, 2.75) is 56.8 Å². The number of carbonyl (C=O) groups is 1. The molecule has 260 valence electrons. The number of carboxylic acids is 1. The predicted octanol–water partition coefficient (Wildman–Crippen LogP) is 5.32. The fourth-order valence-electron chi connectivity index (χ4n) is 7.00. The second-order valence-electron chi connectivity index (χ2n) is 12.8. The van der Waals surface area contributed by atoms with Gasteiger partial charge in [0.15, 0.2) is 0 Å². The van der Waals surface area contributed by atoms with Gasteiger partial charge in [-0.3, -0.25) is 19.2 Å². The van der Waals surface area contributed by atoms with Gasteiger partial charge >= 0.3 is 5.97 Å². The van der Waals surface area contributed by atoms with Gasteiger partial charge in [-0.25, -0.2) is 23.5 Å². The van der Waals surface area contributed by atoms with E-state index >= 15 is 0 Å². The Labute approximate surface area is 299 Å². The first-order chi connectivity index (χ1) is 24.4. The first-order valence-electron chi connectivity index (χ1n) is 16.1. The van der Waals surface area contributed by atoms with E-state index in [0.29, 0.717) is 50.7 Å². The molecule has 5 heterocycles. The summed E-state index contributed by atoms with van der Waals surface area (Å²) < 4.78 is 29.0. The molecule has 0 spiro atoms. The monoisotopic (exact) mass is 729 g/mol. The zero-order chi connectivity index (χ0) is 36.2. The van der Waals surface area contributed by atoms with Crippen molar-refractivity contribution in [1.29, 1.82) is 5.26 Å². The maximum atomic E-state index is 14.0. The number of β-amino-alcohol motifs (C(OH)–C–C–N with tert-alkyl or cyclic N) is 1. The molecular weight excluding hydrogens is 700 g/mol. The summed E-state index contributed by atoms with van der Waals surface area (Å²) >= 11 is 7.63. The van der Waals surface area contributed by atoms with Crippen molar-refractivity contribution >= 4 is 55.8 Å². The fourth-order valence-corrected chi connectivity index (χ4v) is 8.20. The lowest BCUT2D eigenvalue weighted by Crippen LogP contribution is -2.60. The molecule has 2 fully saturated rings. The van der Waals surface area contributed by atoms with Crippen LogP contribution in [-0.2, 0) is 6.54 Å². The number of hydrogen-bond donors (Lipinski definition) is 2. The largest absolute Gasteiger partial charge is 0.478 e. The standard InChI is InChI=1S/C36H30ClF2N7O4S/c1-19-43-27-16-42-33(44(2)28-8-11-45(17-29(28)47)22-13-36(38,39)14-22)25(15-40)30(27)34(48)46(19)10-3-4-20-5-6-21(37)12-24(20)23-7-9-41-31-26(35(49)50)18-51-32(23)31/h5-7,9,12,16,18,22,28-29,47H,8,10-11,13-14,17H2,1-2H3,(H,49,50)/t28-,29-/m1/s1. The molecule has 5 aromatic rings. The van der Waals surface area contributed by atoms with Gasteiger partial charge < -0.3 is 15.1 Å². The van der Waals surface area contributed by atoms with Crippen molar-refractivity contribution in [2.75, 3.05) is 25.0 Å². The summed E-state index contributed by atoms with van der Waals surface area (Å²) in [5, 5.41) is 33.0. The van der Waals surface area contributed by atoms with Crippen LogP contribution >= 0.6 is 22.9 Å². The summed E-state index contributed by atoms with van der Waals surface area (Å²) in [5.74, 6) is 3.03. The molecule has 2 atom stereocenters. The summed E-state index contributed by atoms with van der Waals surface area (Å²) in [7, 11) is 1.70. The van der Waals surface area contributed by atoms with Gasteiger partial charge in [0.2, 0.25) is 0 Å². The average Bonchev–Trinajstić information content (AvgIpc) is 3.53. The van der Waals surface area contributed by atoms with Crippen molar-refractivity contribution < 1.29 is 23.8 Å². The number of nitrogens with zero attached hydrogens (tertiary/aromatic N) is 7. The number of pyridine rings is 2. The minimum Gasteiger partial charge on any atom is -0.478 e. The van der Waals surface area contributed by atoms with E-state index in [1.54, 1.807) is 48.5 Å². The lowest BCUT2D eigenvalue weighted by Gasteiger charge is -2.48. The third kappa shape index (κ3) is 6.29. The molecule has 7 rings (SSSR count). The molecule has 11 nitrogen and oxygen atoms in total. The van der Waals surface area contributed by atoms with Gasteiger partial charge in [0.25, 0.3) is 11.5 Å². The molecule has 0 bridgehead atoms. The third-order valence-electron chi connectivity index (χ3n) is 9.69. The quantitative estimate of drug-likeness (QED) is 0.220. The number of aliphatic hydroxyl groups is 1. The van der Waals surface area contributed by atoms with Crippen molar-refractivity contribution in [3.05, 3.63) is 79.9 Å². The fraction of sp³-hybridized carbons (Fsp3) is 0.333. The van der Waals surface area contributed by atoms with Gasteiger partial charge in [0.05, 0.1) is 51.6 Å². The number of aromatic nitrogens is 4. The average molecular weight is 730 g/mol. The molecule has 1 aliphatic heterocycles. The van der Waals surface area contributed by atoms with Crippen LogP contribution in [0.5, 0.6) is 0 Å². The molecule has 4 aromatic heterocycles. The minimum absolute atomic E-state index is 0.0147. The van der Waals surface area contributed by atoms with E-state index < -0.39 is 29.6 Å². The van der Waals surface area contributed by atoms with Crippen LogP contribution in [0.15, 0.2) is 46.8 Å². The Morgan fingerprint density at radius 3 is 2.73 bits per heavy atom. The second kappa shape index (κ2) is 13.3. The number of thiophene rings is 1. The summed E-state index contributed by atoms with van der Waals surface area (Å²) in [5.41, 5.74) is 2.23. The number of rotatable bonds is 6. The van der Waals surface area contributed by atoms with Crippen LogP contribution in [0.3, 0.4) is 0 Å². The van der Waals surface area contributed by atoms with Gasteiger partial charge in [0.1, 0.15) is 23.3 Å². The molecule has 0 amide bonds. The maximum absolute atomic E-state index is 14.0. The molecule has 0 unspecified atom stereocenters. The van der Waals surface area contributed by atoms with E-state index in [1.165, 1.54) is 28.3 Å². The molecule has 2 aliphatic rings. The van der Waals surface area contributed by atoms with Gasteiger partial charge in [-0.15, -0.1) is 11.3 Å². The first-order valence-corrected chi connectivity index (χ1v) is 17.3. The van der Waals surface area contributed by atoms with Gasteiger partial charge in [-0.2, -0.15) is 5.26 Å². The van der Waals surface area contributed by atoms with Crippen LogP contribution in [0.1, 0.15) is 46.6 Å². The molecule has 15 heteroatoms. The highest BCUT2D eigenvalue weighted by atomic mass is 35.5. The molecule has 51 heavy (non-hydrogen) atoms. The number of hydrogen-bond acceptors (Lipinski definition) is 10. The van der Waals surface area contributed by atoms with Crippen LogP contribution in [0.4, 0.5) is 14.6 Å². The molecular formula is C36H30ClF2N7O4S. The molecule has 1 aliphatic carbocycles. The number of carboxylic acid groups (broad SMARTS) is 1. The Morgan fingerprint density at radius 1 is 1.24 bits per heavy atom. The first kappa shape index (κ1) is 34.5. The Balaban J connectivity index is 1.19. The lowest BCUT2D eigenvalue weighted by molar-refractivity contribution is -0.134. The number of aromatic carboxylic acids is 1. The number of piperidine rings is 1. The summed E-state index contributed by atoms with van der Waals surface area (Å²) in [4.78, 5) is 42.6. The number of aryl methyl sites for hydroxylation is 1. The molecule has 1 aromatic carbocycles. The predicted molar refractivity (Wildman–Crippen MR) is 190 cm³/mol. The van der Waals surface area contributed by atoms with E-state index in [9.17, 15) is 33.8 Å². The zero-order valence-electron chi connectivity index (χ0n) is 27.4. The topological polar surface area (TPSA) is 148 Å². The van der Waals surface area contributed by atoms with E-state index in [-0.39, 0.29) is 59.8 Å². The third-order valence-corrected chi connectivity index (χ3v) is 10.9. The number of fused-ring (bicyclic) bond motifs is 2. The van der Waals surface area contributed by atoms with Crippen molar-refractivity contribution in [1.82, 2.24) is 24.4 Å². The number of nitriles is 1. The molecule has 2 N–H and O–H groups in total. The van der Waals surface area contributed by atoms with Crippen molar-refractivity contribution in [3.8, 4) is 29.0 Å². The Kier molecular flexibility index (Phi) is 8.98. The Bertz CT molecular complexity index is 2390.